The Morgan fingerprint density at radius 3 is 2.48 bits per heavy atom. The first-order valence-electron chi connectivity index (χ1n) is 11.4. The molecule has 3 N–H and O–H groups in total. The summed E-state index contributed by atoms with van der Waals surface area (Å²) in [6, 6.07) is 9.14. The van der Waals surface area contributed by atoms with Crippen LogP contribution >= 0.6 is 12.2 Å². The van der Waals surface area contributed by atoms with E-state index in [-0.39, 0.29) is 11.8 Å². The average Bonchev–Trinajstić information content (AvgIpc) is 3.19. The van der Waals surface area contributed by atoms with Crippen LogP contribution in [0.1, 0.15) is 50.3 Å². The molecule has 0 bridgehead atoms. The molecule has 0 aliphatic carbocycles. The molecule has 1 aromatic heterocycles. The number of carbonyl (C=O) groups excluding carboxylic acids is 2. The van der Waals surface area contributed by atoms with E-state index >= 15 is 0 Å². The minimum Gasteiger partial charge on any atom is -0.363 e. The molecule has 0 radical (unpaired) electrons. The highest BCUT2D eigenvalue weighted by Gasteiger charge is 2.35. The van der Waals surface area contributed by atoms with Gasteiger partial charge in [-0.3, -0.25) is 9.59 Å². The predicted molar refractivity (Wildman–Crippen MR) is 134 cm³/mol. The van der Waals surface area contributed by atoms with E-state index in [2.05, 4.69) is 32.3 Å². The minimum atomic E-state index is -0.695. The van der Waals surface area contributed by atoms with Crippen LogP contribution in [0.3, 0.4) is 0 Å². The Hall–Kier alpha value is -2.94. The van der Waals surface area contributed by atoms with Gasteiger partial charge in [0.05, 0.1) is 12.2 Å². The Morgan fingerprint density at radius 1 is 1.18 bits per heavy atom. The van der Waals surface area contributed by atoms with Crippen molar-refractivity contribution in [3.63, 3.8) is 0 Å². The third-order valence-corrected chi connectivity index (χ3v) is 6.12. The zero-order valence-corrected chi connectivity index (χ0v) is 20.9. The van der Waals surface area contributed by atoms with E-state index in [1.807, 2.05) is 51.1 Å². The SMILES string of the molecule is CCCNC(=S)N1CCn2c(-c3ccccc3)nc(C(=O)NC(C(=O)NC)C(C)(C)C)c2C1. The number of carbonyl (C=O) groups is 2. The number of hydrogen-bond donors (Lipinski definition) is 3. The molecule has 2 heterocycles. The van der Waals surface area contributed by atoms with E-state index in [1.54, 1.807) is 7.05 Å². The highest BCUT2D eigenvalue weighted by Crippen LogP contribution is 2.27. The Morgan fingerprint density at radius 2 is 1.88 bits per heavy atom. The molecule has 0 fully saturated rings. The monoisotopic (exact) mass is 470 g/mol. The molecule has 0 spiro atoms. The molecule has 1 aliphatic rings. The van der Waals surface area contributed by atoms with Crippen molar-refractivity contribution in [2.45, 2.75) is 53.2 Å². The van der Waals surface area contributed by atoms with Gasteiger partial charge >= 0.3 is 0 Å². The van der Waals surface area contributed by atoms with Crippen molar-refractivity contribution in [3.05, 3.63) is 41.7 Å². The zero-order valence-electron chi connectivity index (χ0n) is 20.1. The maximum Gasteiger partial charge on any atom is 0.272 e. The Kier molecular flexibility index (Phi) is 7.73. The fraction of sp³-hybridized carbons (Fsp3) is 0.500. The largest absolute Gasteiger partial charge is 0.363 e. The molecule has 9 heteroatoms. The Labute approximate surface area is 201 Å². The number of benzene rings is 1. The van der Waals surface area contributed by atoms with Crippen molar-refractivity contribution in [2.75, 3.05) is 20.1 Å². The summed E-state index contributed by atoms with van der Waals surface area (Å²) in [5.41, 5.74) is 1.60. The van der Waals surface area contributed by atoms with Crippen molar-refractivity contribution < 1.29 is 9.59 Å². The van der Waals surface area contributed by atoms with Gasteiger partial charge in [0.1, 0.15) is 11.9 Å². The summed E-state index contributed by atoms with van der Waals surface area (Å²) in [7, 11) is 1.57. The van der Waals surface area contributed by atoms with Gasteiger partial charge in [-0.15, -0.1) is 0 Å². The lowest BCUT2D eigenvalue weighted by molar-refractivity contribution is -0.124. The minimum absolute atomic E-state index is 0.237. The van der Waals surface area contributed by atoms with Crippen LogP contribution in [0.15, 0.2) is 30.3 Å². The lowest BCUT2D eigenvalue weighted by Crippen LogP contribution is -2.53. The summed E-state index contributed by atoms with van der Waals surface area (Å²) >= 11 is 5.58. The van der Waals surface area contributed by atoms with E-state index in [0.717, 1.165) is 36.6 Å². The normalized spacial score (nSPS) is 14.3. The van der Waals surface area contributed by atoms with E-state index in [9.17, 15) is 9.59 Å². The summed E-state index contributed by atoms with van der Waals surface area (Å²) in [6.07, 6.45) is 0.978. The topological polar surface area (TPSA) is 91.3 Å². The van der Waals surface area contributed by atoms with E-state index in [1.165, 1.54) is 0 Å². The maximum absolute atomic E-state index is 13.5. The first-order valence-corrected chi connectivity index (χ1v) is 11.8. The average molecular weight is 471 g/mol. The molecular formula is C24H34N6O2S. The first-order chi connectivity index (χ1) is 15.7. The van der Waals surface area contributed by atoms with Gasteiger partial charge in [0, 0.05) is 32.2 Å². The number of likely N-dealkylation sites (N-methyl/N-ethyl adjacent to an activating group) is 1. The van der Waals surface area contributed by atoms with Gasteiger partial charge in [0.2, 0.25) is 5.91 Å². The summed E-state index contributed by atoms with van der Waals surface area (Å²) in [6.45, 7) is 10.5. The van der Waals surface area contributed by atoms with Crippen LogP contribution in [-0.4, -0.2) is 57.6 Å². The molecule has 8 nitrogen and oxygen atoms in total. The summed E-state index contributed by atoms with van der Waals surface area (Å²) < 4.78 is 2.09. The van der Waals surface area contributed by atoms with E-state index in [0.29, 0.717) is 23.9 Å². The standard InChI is InChI=1S/C24H34N6O2S/c1-6-12-26-23(33)29-13-14-30-17(15-29)18(27-20(30)16-10-8-7-9-11-16)21(31)28-19(22(32)25-5)24(2,3)4/h7-11,19H,6,12-15H2,1-5H3,(H,25,32)(H,26,33)(H,28,31). The van der Waals surface area contributed by atoms with Gasteiger partial charge < -0.3 is 25.4 Å². The zero-order chi connectivity index (χ0) is 24.2. The van der Waals surface area contributed by atoms with Gasteiger partial charge in [-0.25, -0.2) is 4.98 Å². The maximum atomic E-state index is 13.5. The number of aromatic nitrogens is 2. The van der Waals surface area contributed by atoms with Crippen LogP contribution in [-0.2, 0) is 17.9 Å². The molecule has 33 heavy (non-hydrogen) atoms. The molecule has 2 aromatic rings. The second kappa shape index (κ2) is 10.3. The van der Waals surface area contributed by atoms with Crippen LogP contribution in [0.5, 0.6) is 0 Å². The third kappa shape index (κ3) is 5.52. The molecule has 1 unspecified atom stereocenters. The number of nitrogens with zero attached hydrogens (tertiary/aromatic N) is 3. The van der Waals surface area contributed by atoms with Crippen molar-refractivity contribution in [3.8, 4) is 11.4 Å². The van der Waals surface area contributed by atoms with Crippen LogP contribution in [0.2, 0.25) is 0 Å². The van der Waals surface area contributed by atoms with Crippen LogP contribution in [0.4, 0.5) is 0 Å². The van der Waals surface area contributed by atoms with Crippen molar-refractivity contribution >= 4 is 29.1 Å². The molecule has 0 saturated carbocycles. The van der Waals surface area contributed by atoms with E-state index in [4.69, 9.17) is 17.2 Å². The van der Waals surface area contributed by atoms with Gasteiger partial charge in [0.25, 0.3) is 5.91 Å². The first kappa shape index (κ1) is 24.7. The Bertz CT molecular complexity index is 1010. The molecule has 0 saturated heterocycles. The highest BCUT2D eigenvalue weighted by molar-refractivity contribution is 7.80. The van der Waals surface area contributed by atoms with Crippen LogP contribution in [0, 0.1) is 5.41 Å². The lowest BCUT2D eigenvalue weighted by Gasteiger charge is -2.32. The number of rotatable bonds is 6. The Balaban J connectivity index is 1.99. The second-order valence-electron chi connectivity index (χ2n) is 9.29. The molecule has 3 rings (SSSR count). The lowest BCUT2D eigenvalue weighted by atomic mass is 9.86. The third-order valence-electron chi connectivity index (χ3n) is 5.72. The van der Waals surface area contributed by atoms with Crippen molar-refractivity contribution in [1.82, 2.24) is 30.4 Å². The number of hydrogen-bond acceptors (Lipinski definition) is 4. The number of thiocarbonyl (C=S) groups is 1. The summed E-state index contributed by atoms with van der Waals surface area (Å²) in [4.78, 5) is 32.8. The van der Waals surface area contributed by atoms with Crippen LogP contribution in [0.25, 0.3) is 11.4 Å². The van der Waals surface area contributed by atoms with Crippen molar-refractivity contribution in [1.29, 1.82) is 0 Å². The van der Waals surface area contributed by atoms with Gasteiger partial charge in [-0.2, -0.15) is 0 Å². The molecule has 1 atom stereocenters. The number of amides is 2. The molecule has 1 aromatic carbocycles. The fourth-order valence-electron chi connectivity index (χ4n) is 3.89. The summed E-state index contributed by atoms with van der Waals surface area (Å²) in [5, 5.41) is 9.52. The predicted octanol–water partition coefficient (Wildman–Crippen LogP) is 2.54. The number of nitrogens with one attached hydrogen (secondary N) is 3. The van der Waals surface area contributed by atoms with Crippen LogP contribution < -0.4 is 16.0 Å². The van der Waals surface area contributed by atoms with Gasteiger partial charge in [0.15, 0.2) is 10.8 Å². The molecule has 1 aliphatic heterocycles. The quantitative estimate of drug-likeness (QED) is 0.562. The second-order valence-corrected chi connectivity index (χ2v) is 9.68. The molecule has 2 amide bonds. The summed E-state index contributed by atoms with van der Waals surface area (Å²) in [5.74, 6) is 0.146. The number of imidazole rings is 1. The van der Waals surface area contributed by atoms with E-state index < -0.39 is 11.5 Å². The van der Waals surface area contributed by atoms with Gasteiger partial charge in [-0.05, 0) is 24.1 Å². The molecular weight excluding hydrogens is 436 g/mol. The smallest absolute Gasteiger partial charge is 0.272 e. The fourth-order valence-corrected chi connectivity index (χ4v) is 4.15. The number of fused-ring (bicyclic) bond motifs is 1. The molecule has 178 valence electrons. The highest BCUT2D eigenvalue weighted by atomic mass is 32.1. The van der Waals surface area contributed by atoms with Gasteiger partial charge in [-0.1, -0.05) is 58.0 Å². The van der Waals surface area contributed by atoms with Crippen molar-refractivity contribution in [2.24, 2.45) is 5.41 Å².